The summed E-state index contributed by atoms with van der Waals surface area (Å²) in [6.07, 6.45) is 0. The molecule has 0 saturated carbocycles. The zero-order valence-corrected chi connectivity index (χ0v) is 18.7. The molecule has 0 unspecified atom stereocenters. The van der Waals surface area contributed by atoms with Crippen LogP contribution in [0.4, 0.5) is 11.4 Å². The fraction of sp³-hybridized carbons (Fsp3) is 0.480. The van der Waals surface area contributed by atoms with Gasteiger partial charge in [-0.1, -0.05) is 29.8 Å². The molecule has 1 amide bonds. The maximum absolute atomic E-state index is 12.8. The summed E-state index contributed by atoms with van der Waals surface area (Å²) in [7, 11) is 0. The molecule has 0 spiro atoms. The Morgan fingerprint density at radius 1 is 1.00 bits per heavy atom. The van der Waals surface area contributed by atoms with E-state index in [4.69, 9.17) is 4.74 Å². The van der Waals surface area contributed by atoms with Gasteiger partial charge in [-0.05, 0) is 43.7 Å². The van der Waals surface area contributed by atoms with Gasteiger partial charge in [0.05, 0.1) is 19.3 Å². The fourth-order valence-electron chi connectivity index (χ4n) is 4.37. The number of amides is 1. The summed E-state index contributed by atoms with van der Waals surface area (Å²) in [5, 5.41) is 3.09. The highest BCUT2D eigenvalue weighted by atomic mass is 16.5. The largest absolute Gasteiger partial charge is 0.378 e. The minimum atomic E-state index is -0.139. The number of carbonyl (C=O) groups excluding carboxylic acids is 1. The Morgan fingerprint density at radius 3 is 2.39 bits per heavy atom. The van der Waals surface area contributed by atoms with Gasteiger partial charge < -0.3 is 15.0 Å². The van der Waals surface area contributed by atoms with Gasteiger partial charge in [0.1, 0.15) is 0 Å². The molecule has 6 heteroatoms. The number of benzene rings is 2. The maximum Gasteiger partial charge on any atom is 0.241 e. The second-order valence-corrected chi connectivity index (χ2v) is 8.61. The van der Waals surface area contributed by atoms with Gasteiger partial charge in [0.15, 0.2) is 0 Å². The van der Waals surface area contributed by atoms with Crippen LogP contribution in [0.25, 0.3) is 0 Å². The second kappa shape index (κ2) is 10.3. The number of hydrogen-bond acceptors (Lipinski definition) is 5. The summed E-state index contributed by atoms with van der Waals surface area (Å²) in [5.74, 6) is 0.0613. The van der Waals surface area contributed by atoms with E-state index < -0.39 is 0 Å². The topological polar surface area (TPSA) is 48.0 Å². The molecule has 0 radical (unpaired) electrons. The van der Waals surface area contributed by atoms with E-state index in [0.717, 1.165) is 64.7 Å². The SMILES string of the molecule is Cc1cccc(CN2CCN([C@H](C)C(=O)Nc3ccc(N4CCOCC4)cc3)CC2)c1. The van der Waals surface area contributed by atoms with E-state index in [1.165, 1.54) is 16.8 Å². The van der Waals surface area contributed by atoms with Gasteiger partial charge in [0, 0.05) is 57.2 Å². The Balaban J connectivity index is 1.25. The Bertz CT molecular complexity index is 856. The van der Waals surface area contributed by atoms with Crippen molar-refractivity contribution in [1.82, 2.24) is 9.80 Å². The van der Waals surface area contributed by atoms with Gasteiger partial charge >= 0.3 is 0 Å². The smallest absolute Gasteiger partial charge is 0.241 e. The molecule has 2 heterocycles. The lowest BCUT2D eigenvalue weighted by atomic mass is 10.1. The predicted octanol–water partition coefficient (Wildman–Crippen LogP) is 2.98. The number of piperazine rings is 1. The van der Waals surface area contributed by atoms with Crippen molar-refractivity contribution in [1.29, 1.82) is 0 Å². The molecule has 0 aromatic heterocycles. The third kappa shape index (κ3) is 5.85. The van der Waals surface area contributed by atoms with Crippen LogP contribution < -0.4 is 10.2 Å². The van der Waals surface area contributed by atoms with Crippen LogP contribution in [-0.4, -0.2) is 74.2 Å². The minimum Gasteiger partial charge on any atom is -0.378 e. The first-order valence-corrected chi connectivity index (χ1v) is 11.3. The summed E-state index contributed by atoms with van der Waals surface area (Å²) in [4.78, 5) is 19.9. The van der Waals surface area contributed by atoms with Crippen LogP contribution in [-0.2, 0) is 16.1 Å². The number of hydrogen-bond donors (Lipinski definition) is 1. The zero-order chi connectivity index (χ0) is 21.6. The van der Waals surface area contributed by atoms with Crippen molar-refractivity contribution < 1.29 is 9.53 Å². The first-order chi connectivity index (χ1) is 15.1. The average Bonchev–Trinajstić information content (AvgIpc) is 2.80. The summed E-state index contributed by atoms with van der Waals surface area (Å²) in [6, 6.07) is 16.7. The van der Waals surface area contributed by atoms with Crippen molar-refractivity contribution >= 4 is 17.3 Å². The number of carbonyl (C=O) groups is 1. The van der Waals surface area contributed by atoms with Crippen LogP contribution >= 0.6 is 0 Å². The molecular formula is C25H34N4O2. The molecule has 1 N–H and O–H groups in total. The number of anilines is 2. The van der Waals surface area contributed by atoms with Gasteiger partial charge in [-0.2, -0.15) is 0 Å². The molecule has 1 atom stereocenters. The molecule has 31 heavy (non-hydrogen) atoms. The highest BCUT2D eigenvalue weighted by Crippen LogP contribution is 2.20. The van der Waals surface area contributed by atoms with E-state index in [9.17, 15) is 4.79 Å². The maximum atomic E-state index is 12.8. The van der Waals surface area contributed by atoms with E-state index in [-0.39, 0.29) is 11.9 Å². The summed E-state index contributed by atoms with van der Waals surface area (Å²) < 4.78 is 5.42. The highest BCUT2D eigenvalue weighted by molar-refractivity contribution is 5.94. The minimum absolute atomic E-state index is 0.0613. The van der Waals surface area contributed by atoms with Crippen molar-refractivity contribution in [2.24, 2.45) is 0 Å². The standard InChI is InChI=1S/C25H34N4O2/c1-20-4-3-5-22(18-20)19-27-10-12-28(13-11-27)21(2)25(30)26-23-6-8-24(9-7-23)29-14-16-31-17-15-29/h3-9,18,21H,10-17,19H2,1-2H3,(H,26,30)/t21-/m1/s1. The van der Waals surface area contributed by atoms with Crippen LogP contribution in [0.15, 0.2) is 48.5 Å². The summed E-state index contributed by atoms with van der Waals surface area (Å²) >= 11 is 0. The van der Waals surface area contributed by atoms with Crippen LogP contribution in [0.2, 0.25) is 0 Å². The van der Waals surface area contributed by atoms with Gasteiger partial charge in [-0.3, -0.25) is 14.6 Å². The lowest BCUT2D eigenvalue weighted by molar-refractivity contribution is -0.121. The number of nitrogens with zero attached hydrogens (tertiary/aromatic N) is 3. The van der Waals surface area contributed by atoms with E-state index in [2.05, 4.69) is 63.3 Å². The molecule has 2 saturated heterocycles. The number of rotatable bonds is 6. The van der Waals surface area contributed by atoms with Crippen molar-refractivity contribution in [2.75, 3.05) is 62.7 Å². The first-order valence-electron chi connectivity index (χ1n) is 11.3. The zero-order valence-electron chi connectivity index (χ0n) is 18.7. The Kier molecular flexibility index (Phi) is 7.22. The van der Waals surface area contributed by atoms with Gasteiger partial charge in [-0.15, -0.1) is 0 Å². The van der Waals surface area contributed by atoms with Crippen molar-refractivity contribution in [3.8, 4) is 0 Å². The Morgan fingerprint density at radius 2 is 1.71 bits per heavy atom. The number of morpholine rings is 1. The third-order valence-electron chi connectivity index (χ3n) is 6.33. The molecule has 2 fully saturated rings. The quantitative estimate of drug-likeness (QED) is 0.776. The van der Waals surface area contributed by atoms with Crippen molar-refractivity contribution in [3.63, 3.8) is 0 Å². The number of nitrogens with one attached hydrogen (secondary N) is 1. The van der Waals surface area contributed by atoms with E-state index in [1.54, 1.807) is 0 Å². The lowest BCUT2D eigenvalue weighted by Gasteiger charge is -2.37. The molecule has 0 aliphatic carbocycles. The Labute approximate surface area is 185 Å². The second-order valence-electron chi connectivity index (χ2n) is 8.61. The monoisotopic (exact) mass is 422 g/mol. The molecule has 6 nitrogen and oxygen atoms in total. The first kappa shape index (κ1) is 21.8. The molecule has 0 bridgehead atoms. The van der Waals surface area contributed by atoms with Crippen molar-refractivity contribution in [2.45, 2.75) is 26.4 Å². The van der Waals surface area contributed by atoms with Crippen LogP contribution in [0.1, 0.15) is 18.1 Å². The highest BCUT2D eigenvalue weighted by Gasteiger charge is 2.25. The van der Waals surface area contributed by atoms with Crippen LogP contribution in [0.5, 0.6) is 0 Å². The summed E-state index contributed by atoms with van der Waals surface area (Å²) in [5.41, 5.74) is 4.70. The molecule has 2 aromatic carbocycles. The predicted molar refractivity (Wildman–Crippen MR) is 126 cm³/mol. The van der Waals surface area contributed by atoms with E-state index in [1.807, 2.05) is 19.1 Å². The number of aryl methyl sites for hydroxylation is 1. The van der Waals surface area contributed by atoms with Crippen molar-refractivity contribution in [3.05, 3.63) is 59.7 Å². The molecule has 2 aliphatic heterocycles. The molecule has 2 aromatic rings. The average molecular weight is 423 g/mol. The third-order valence-corrected chi connectivity index (χ3v) is 6.33. The Hall–Kier alpha value is -2.41. The fourth-order valence-corrected chi connectivity index (χ4v) is 4.37. The van der Waals surface area contributed by atoms with Gasteiger partial charge in [-0.25, -0.2) is 0 Å². The normalized spacial score (nSPS) is 19.2. The number of ether oxygens (including phenoxy) is 1. The van der Waals surface area contributed by atoms with Gasteiger partial charge in [0.25, 0.3) is 0 Å². The molecule has 4 rings (SSSR count). The van der Waals surface area contributed by atoms with Crippen LogP contribution in [0.3, 0.4) is 0 Å². The van der Waals surface area contributed by atoms with Crippen LogP contribution in [0, 0.1) is 6.92 Å². The molecule has 2 aliphatic rings. The lowest BCUT2D eigenvalue weighted by Crippen LogP contribution is -2.52. The molecule has 166 valence electrons. The molecular weight excluding hydrogens is 388 g/mol. The van der Waals surface area contributed by atoms with Gasteiger partial charge in [0.2, 0.25) is 5.91 Å². The summed E-state index contributed by atoms with van der Waals surface area (Å²) in [6.45, 7) is 12.3. The van der Waals surface area contributed by atoms with E-state index >= 15 is 0 Å². The van der Waals surface area contributed by atoms with E-state index in [0.29, 0.717) is 0 Å².